The molecule has 3 fully saturated rings. The zero-order chi connectivity index (χ0) is 29.4. The molecular formula is C24H31F6N3O6. The van der Waals surface area contributed by atoms with Crippen molar-refractivity contribution in [1.29, 1.82) is 0 Å². The number of halogens is 6. The zero-order valence-electron chi connectivity index (χ0n) is 20.9. The summed E-state index contributed by atoms with van der Waals surface area (Å²) < 4.78 is 63.5. The van der Waals surface area contributed by atoms with Crippen LogP contribution >= 0.6 is 0 Å². The highest BCUT2D eigenvalue weighted by molar-refractivity contribution is 5.80. The van der Waals surface area contributed by atoms with Gasteiger partial charge in [0.05, 0.1) is 6.10 Å². The molecule has 0 aromatic carbocycles. The molecule has 9 nitrogen and oxygen atoms in total. The molecule has 0 bridgehead atoms. The molecular weight excluding hydrogens is 540 g/mol. The molecule has 1 aliphatic carbocycles. The summed E-state index contributed by atoms with van der Waals surface area (Å²) >= 11 is 0. The first-order valence-electron chi connectivity index (χ1n) is 12.2. The Morgan fingerprint density at radius 1 is 0.897 bits per heavy atom. The number of hydrogen-bond acceptors (Lipinski definition) is 6. The van der Waals surface area contributed by atoms with Crippen molar-refractivity contribution in [3.8, 4) is 0 Å². The number of aliphatic hydroxyl groups is 1. The number of alkyl halides is 6. The van der Waals surface area contributed by atoms with Gasteiger partial charge in [0.15, 0.2) is 0 Å². The Balaban J connectivity index is 0.000000317. The number of rotatable bonds is 3. The van der Waals surface area contributed by atoms with Crippen molar-refractivity contribution in [3.63, 3.8) is 0 Å². The van der Waals surface area contributed by atoms with Crippen molar-refractivity contribution in [3.05, 3.63) is 30.1 Å². The highest BCUT2D eigenvalue weighted by atomic mass is 19.4. The van der Waals surface area contributed by atoms with E-state index in [1.807, 2.05) is 18.5 Å². The van der Waals surface area contributed by atoms with E-state index in [1.54, 1.807) is 0 Å². The summed E-state index contributed by atoms with van der Waals surface area (Å²) in [5.74, 6) is -5.14. The van der Waals surface area contributed by atoms with Crippen LogP contribution < -0.4 is 0 Å². The van der Waals surface area contributed by atoms with Gasteiger partial charge in [-0.3, -0.25) is 14.7 Å². The summed E-state index contributed by atoms with van der Waals surface area (Å²) in [6.07, 6.45) is -0.486. The SMILES string of the molecule is O=C(C1CC(O)C1)N1CCC2(CCN(Cc3cccnc3)CC2)CC1.O=C(O)C(F)(F)F.O=C(O)C(F)(F)F. The third kappa shape index (κ3) is 10.3. The van der Waals surface area contributed by atoms with Gasteiger partial charge in [0.25, 0.3) is 0 Å². The van der Waals surface area contributed by atoms with E-state index < -0.39 is 24.3 Å². The van der Waals surface area contributed by atoms with Gasteiger partial charge in [-0.2, -0.15) is 26.3 Å². The number of aliphatic hydroxyl groups excluding tert-OH is 1. The van der Waals surface area contributed by atoms with Gasteiger partial charge in [0.2, 0.25) is 5.91 Å². The molecule has 1 aromatic rings. The number of pyridine rings is 1. The van der Waals surface area contributed by atoms with Gasteiger partial charge >= 0.3 is 24.3 Å². The Bertz CT molecular complexity index is 927. The fourth-order valence-electron chi connectivity index (χ4n) is 4.68. The number of likely N-dealkylation sites (tertiary alicyclic amines) is 2. The van der Waals surface area contributed by atoms with Crippen LogP contribution in [0.4, 0.5) is 26.3 Å². The van der Waals surface area contributed by atoms with Crippen LogP contribution in [0.15, 0.2) is 24.5 Å². The van der Waals surface area contributed by atoms with Gasteiger partial charge in [-0.1, -0.05) is 6.07 Å². The largest absolute Gasteiger partial charge is 0.490 e. The second-order valence-corrected chi connectivity index (χ2v) is 9.89. The van der Waals surface area contributed by atoms with Crippen LogP contribution in [0, 0.1) is 11.3 Å². The van der Waals surface area contributed by atoms with Gasteiger partial charge in [0, 0.05) is 37.9 Å². The molecule has 1 amide bonds. The number of carbonyl (C=O) groups is 3. The standard InChI is InChI=1S/C20H29N3O2.2C2HF3O2/c24-18-12-17(13-18)19(25)23-10-5-20(6-11-23)3-8-22(9-4-20)15-16-2-1-7-21-14-16;2*3-2(4,5)1(6)7/h1-2,7,14,17-18,24H,3-6,8-13,15H2;2*(H,6,7). The lowest BCUT2D eigenvalue weighted by molar-refractivity contribution is -0.193. The second kappa shape index (κ2) is 13.4. The molecule has 2 aliphatic heterocycles. The summed E-state index contributed by atoms with van der Waals surface area (Å²) in [7, 11) is 0. The molecule has 4 rings (SSSR count). The summed E-state index contributed by atoms with van der Waals surface area (Å²) in [5.41, 5.74) is 1.74. The fraction of sp³-hybridized carbons (Fsp3) is 0.667. The lowest BCUT2D eigenvalue weighted by atomic mass is 9.70. The quantitative estimate of drug-likeness (QED) is 0.471. The fourth-order valence-corrected chi connectivity index (χ4v) is 4.68. The number of carboxylic acid groups (broad SMARTS) is 2. The van der Waals surface area contributed by atoms with Crippen molar-refractivity contribution in [1.82, 2.24) is 14.8 Å². The lowest BCUT2D eigenvalue weighted by Gasteiger charge is -2.48. The van der Waals surface area contributed by atoms with E-state index in [2.05, 4.69) is 20.9 Å². The van der Waals surface area contributed by atoms with E-state index in [0.29, 0.717) is 18.3 Å². The van der Waals surface area contributed by atoms with Crippen LogP contribution in [-0.2, 0) is 20.9 Å². The Labute approximate surface area is 220 Å². The number of aromatic nitrogens is 1. The summed E-state index contributed by atoms with van der Waals surface area (Å²) in [5, 5.41) is 23.7. The van der Waals surface area contributed by atoms with Crippen LogP contribution in [0.25, 0.3) is 0 Å². The van der Waals surface area contributed by atoms with Gasteiger partial charge < -0.3 is 20.2 Å². The molecule has 15 heteroatoms. The van der Waals surface area contributed by atoms with Crippen molar-refractivity contribution in [2.45, 2.75) is 63.5 Å². The predicted octanol–water partition coefficient (Wildman–Crippen LogP) is 3.32. The number of nitrogens with zero attached hydrogens (tertiary/aromatic N) is 3. The van der Waals surface area contributed by atoms with Gasteiger partial charge in [-0.25, -0.2) is 9.59 Å². The van der Waals surface area contributed by atoms with E-state index >= 15 is 0 Å². The Morgan fingerprint density at radius 2 is 1.36 bits per heavy atom. The molecule has 2 saturated heterocycles. The Hall–Kier alpha value is -2.94. The smallest absolute Gasteiger partial charge is 0.475 e. The monoisotopic (exact) mass is 571 g/mol. The Kier molecular flexibility index (Phi) is 11.1. The van der Waals surface area contributed by atoms with Gasteiger partial charge in [-0.05, 0) is 68.7 Å². The third-order valence-corrected chi connectivity index (χ3v) is 7.13. The number of hydrogen-bond donors (Lipinski definition) is 3. The Morgan fingerprint density at radius 3 is 1.74 bits per heavy atom. The van der Waals surface area contributed by atoms with Crippen molar-refractivity contribution in [2.24, 2.45) is 11.3 Å². The average Bonchev–Trinajstić information content (AvgIpc) is 2.84. The summed E-state index contributed by atoms with van der Waals surface area (Å²) in [6.45, 7) is 5.12. The van der Waals surface area contributed by atoms with E-state index in [9.17, 15) is 36.2 Å². The van der Waals surface area contributed by atoms with Crippen LogP contribution in [0.2, 0.25) is 0 Å². The minimum Gasteiger partial charge on any atom is -0.475 e. The molecule has 0 atom stereocenters. The van der Waals surface area contributed by atoms with Crippen molar-refractivity contribution >= 4 is 17.8 Å². The van der Waals surface area contributed by atoms with E-state index in [-0.39, 0.29) is 17.9 Å². The van der Waals surface area contributed by atoms with Gasteiger partial charge in [-0.15, -0.1) is 0 Å². The average molecular weight is 572 g/mol. The molecule has 1 spiro atoms. The maximum Gasteiger partial charge on any atom is 0.490 e. The zero-order valence-corrected chi connectivity index (χ0v) is 20.9. The van der Waals surface area contributed by atoms with Crippen LogP contribution in [-0.4, -0.2) is 92.6 Å². The van der Waals surface area contributed by atoms with E-state index in [1.165, 1.54) is 18.4 Å². The van der Waals surface area contributed by atoms with Crippen LogP contribution in [0.5, 0.6) is 0 Å². The summed E-state index contributed by atoms with van der Waals surface area (Å²) in [6, 6.07) is 4.16. The number of piperidine rings is 2. The maximum absolute atomic E-state index is 12.5. The number of carboxylic acids is 2. The first-order valence-corrected chi connectivity index (χ1v) is 12.2. The number of amides is 1. The second-order valence-electron chi connectivity index (χ2n) is 9.89. The highest BCUT2D eigenvalue weighted by Gasteiger charge is 2.42. The molecule has 1 saturated carbocycles. The van der Waals surface area contributed by atoms with Gasteiger partial charge in [0.1, 0.15) is 0 Å². The molecule has 3 aliphatic rings. The van der Waals surface area contributed by atoms with Crippen molar-refractivity contribution in [2.75, 3.05) is 26.2 Å². The first-order chi connectivity index (χ1) is 18.0. The minimum atomic E-state index is -5.08. The van der Waals surface area contributed by atoms with Crippen LogP contribution in [0.3, 0.4) is 0 Å². The molecule has 3 N–H and O–H groups in total. The minimum absolute atomic E-state index is 0.0883. The van der Waals surface area contributed by atoms with E-state index in [4.69, 9.17) is 19.8 Å². The molecule has 0 radical (unpaired) electrons. The lowest BCUT2D eigenvalue weighted by Crippen LogP contribution is -2.51. The predicted molar refractivity (Wildman–Crippen MR) is 123 cm³/mol. The number of carbonyl (C=O) groups excluding carboxylic acids is 1. The third-order valence-electron chi connectivity index (χ3n) is 7.13. The van der Waals surface area contributed by atoms with Crippen molar-refractivity contribution < 1.29 is 56.0 Å². The number of aliphatic carboxylic acids is 2. The molecule has 39 heavy (non-hydrogen) atoms. The highest BCUT2D eigenvalue weighted by Crippen LogP contribution is 2.42. The topological polar surface area (TPSA) is 131 Å². The molecule has 220 valence electrons. The molecule has 1 aromatic heterocycles. The molecule has 3 heterocycles. The maximum atomic E-state index is 12.5. The molecule has 0 unspecified atom stereocenters. The van der Waals surface area contributed by atoms with Crippen LogP contribution in [0.1, 0.15) is 44.1 Å². The van der Waals surface area contributed by atoms with E-state index in [0.717, 1.165) is 45.6 Å². The normalized spacial score (nSPS) is 22.9. The summed E-state index contributed by atoms with van der Waals surface area (Å²) in [4.78, 5) is 39.1. The first kappa shape index (κ1) is 32.3.